The molecule has 2 rings (SSSR count). The van der Waals surface area contributed by atoms with E-state index in [2.05, 4.69) is 15.5 Å². The monoisotopic (exact) mass is 305 g/mol. The van der Waals surface area contributed by atoms with Crippen LogP contribution in [0.5, 0.6) is 0 Å². The second-order valence-electron chi connectivity index (χ2n) is 5.25. The molecule has 0 radical (unpaired) electrons. The molecule has 0 atom stereocenters. The zero-order valence-electron chi connectivity index (χ0n) is 11.7. The number of nitrogens with zero attached hydrogens (tertiary/aromatic N) is 2. The topological polar surface area (TPSA) is 68.0 Å². The van der Waals surface area contributed by atoms with Crippen LogP contribution in [0.3, 0.4) is 0 Å². The van der Waals surface area contributed by atoms with Crippen molar-refractivity contribution in [2.45, 2.75) is 51.7 Å². The Labute approximate surface area is 120 Å². The van der Waals surface area contributed by atoms with Gasteiger partial charge in [0.05, 0.1) is 12.5 Å². The van der Waals surface area contributed by atoms with Gasteiger partial charge in [-0.25, -0.2) is 0 Å². The number of alkyl halides is 3. The normalized spacial score (nSPS) is 23.0. The third-order valence-corrected chi connectivity index (χ3v) is 3.79. The molecule has 0 bridgehead atoms. The highest BCUT2D eigenvalue weighted by Gasteiger charge is 2.42. The highest BCUT2D eigenvalue weighted by molar-refractivity contribution is 5.78. The maximum Gasteiger partial charge on any atom is 0.391 e. The first-order valence-corrected chi connectivity index (χ1v) is 7.05. The van der Waals surface area contributed by atoms with Gasteiger partial charge in [-0.15, -0.1) is 10.2 Å². The average Bonchev–Trinajstić information content (AvgIpc) is 2.92. The van der Waals surface area contributed by atoms with E-state index in [1.165, 1.54) is 0 Å². The van der Waals surface area contributed by atoms with Crippen LogP contribution in [0, 0.1) is 11.8 Å². The number of hydrogen-bond acceptors (Lipinski definition) is 4. The summed E-state index contributed by atoms with van der Waals surface area (Å²) in [6.07, 6.45) is -2.98. The van der Waals surface area contributed by atoms with E-state index in [1.54, 1.807) is 0 Å². The molecule has 0 aromatic carbocycles. The highest BCUT2D eigenvalue weighted by Crippen LogP contribution is 2.39. The largest absolute Gasteiger partial charge is 0.423 e. The molecule has 0 saturated heterocycles. The van der Waals surface area contributed by atoms with Gasteiger partial charge in [0, 0.05) is 12.3 Å². The van der Waals surface area contributed by atoms with Crippen LogP contribution in [0.4, 0.5) is 13.2 Å². The van der Waals surface area contributed by atoms with E-state index in [-0.39, 0.29) is 44.1 Å². The van der Waals surface area contributed by atoms with Gasteiger partial charge >= 0.3 is 6.18 Å². The zero-order chi connectivity index (χ0) is 15.5. The molecule has 1 amide bonds. The zero-order valence-corrected chi connectivity index (χ0v) is 11.7. The van der Waals surface area contributed by atoms with Gasteiger partial charge in [0.25, 0.3) is 0 Å². The molecule has 8 heteroatoms. The molecular formula is C13H18F3N3O2. The number of hydrogen-bond donors (Lipinski definition) is 1. The molecule has 21 heavy (non-hydrogen) atoms. The van der Waals surface area contributed by atoms with E-state index in [0.717, 1.165) is 0 Å². The highest BCUT2D eigenvalue weighted by atomic mass is 19.4. The predicted molar refractivity (Wildman–Crippen MR) is 67.0 cm³/mol. The van der Waals surface area contributed by atoms with Crippen LogP contribution in [0.15, 0.2) is 4.42 Å². The summed E-state index contributed by atoms with van der Waals surface area (Å²) in [6.45, 7) is 1.99. The summed E-state index contributed by atoms with van der Waals surface area (Å²) in [5.74, 6) is -1.08. The van der Waals surface area contributed by atoms with Gasteiger partial charge in [0.2, 0.25) is 17.7 Å². The van der Waals surface area contributed by atoms with Gasteiger partial charge in [-0.2, -0.15) is 13.2 Å². The average molecular weight is 305 g/mol. The lowest BCUT2D eigenvalue weighted by Crippen LogP contribution is -2.35. The van der Waals surface area contributed by atoms with Crippen LogP contribution >= 0.6 is 0 Å². The van der Waals surface area contributed by atoms with Gasteiger partial charge in [-0.05, 0) is 25.7 Å². The third-order valence-electron chi connectivity index (χ3n) is 3.79. The van der Waals surface area contributed by atoms with Gasteiger partial charge in [0.15, 0.2) is 0 Å². The van der Waals surface area contributed by atoms with Gasteiger partial charge in [0.1, 0.15) is 0 Å². The quantitative estimate of drug-likeness (QED) is 0.928. The Morgan fingerprint density at radius 2 is 1.86 bits per heavy atom. The first-order chi connectivity index (χ1) is 9.90. The van der Waals surface area contributed by atoms with E-state index in [4.69, 9.17) is 4.42 Å². The summed E-state index contributed by atoms with van der Waals surface area (Å²) in [7, 11) is 0. The summed E-state index contributed by atoms with van der Waals surface area (Å²) in [5.41, 5.74) is 0. The number of rotatable bonds is 4. The first kappa shape index (κ1) is 15.8. The molecule has 1 N–H and O–H groups in total. The molecule has 1 heterocycles. The number of carbonyl (C=O) groups is 1. The molecule has 5 nitrogen and oxygen atoms in total. The lowest BCUT2D eigenvalue weighted by atomic mass is 9.81. The molecule has 1 saturated carbocycles. The van der Waals surface area contributed by atoms with E-state index < -0.39 is 12.1 Å². The maximum atomic E-state index is 12.5. The van der Waals surface area contributed by atoms with Crippen molar-refractivity contribution < 1.29 is 22.4 Å². The molecule has 1 aliphatic rings. The van der Waals surface area contributed by atoms with Crippen molar-refractivity contribution in [2.24, 2.45) is 11.8 Å². The number of carbonyl (C=O) groups excluding carboxylic acids is 1. The van der Waals surface area contributed by atoms with Crippen LogP contribution in [-0.4, -0.2) is 22.3 Å². The van der Waals surface area contributed by atoms with Gasteiger partial charge in [-0.1, -0.05) is 6.92 Å². The van der Waals surface area contributed by atoms with Gasteiger partial charge < -0.3 is 9.73 Å². The fraction of sp³-hybridized carbons (Fsp3) is 0.769. The predicted octanol–water partition coefficient (Wildman–Crippen LogP) is 2.62. The third kappa shape index (κ3) is 4.18. The van der Waals surface area contributed by atoms with E-state index in [9.17, 15) is 18.0 Å². The Hall–Kier alpha value is -1.60. The Bertz CT molecular complexity index is 479. The summed E-state index contributed by atoms with van der Waals surface area (Å²) in [6, 6.07) is 0. The van der Waals surface area contributed by atoms with Crippen LogP contribution in [0.25, 0.3) is 0 Å². The summed E-state index contributed by atoms with van der Waals surface area (Å²) in [4.78, 5) is 11.9. The molecule has 0 unspecified atom stereocenters. The maximum absolute atomic E-state index is 12.5. The molecule has 0 aliphatic heterocycles. The Morgan fingerprint density at radius 3 is 2.38 bits per heavy atom. The minimum Gasteiger partial charge on any atom is -0.423 e. The van der Waals surface area contributed by atoms with E-state index in [1.807, 2.05) is 6.92 Å². The minimum absolute atomic E-state index is 0.0160. The molecular weight excluding hydrogens is 287 g/mol. The summed E-state index contributed by atoms with van der Waals surface area (Å²) >= 11 is 0. The molecule has 1 aliphatic carbocycles. The Morgan fingerprint density at radius 1 is 1.24 bits per heavy atom. The van der Waals surface area contributed by atoms with Crippen molar-refractivity contribution in [1.29, 1.82) is 0 Å². The van der Waals surface area contributed by atoms with E-state index >= 15 is 0 Å². The van der Waals surface area contributed by atoms with Crippen LogP contribution in [0.2, 0.25) is 0 Å². The number of nitrogens with one attached hydrogen (secondary N) is 1. The van der Waals surface area contributed by atoms with Crippen molar-refractivity contribution in [3.63, 3.8) is 0 Å². The smallest absolute Gasteiger partial charge is 0.391 e. The van der Waals surface area contributed by atoms with E-state index in [0.29, 0.717) is 18.2 Å². The molecule has 1 aromatic heterocycles. The fourth-order valence-corrected chi connectivity index (χ4v) is 2.49. The Balaban J connectivity index is 1.77. The Kier molecular flexibility index (Phi) is 4.84. The van der Waals surface area contributed by atoms with Crippen LogP contribution < -0.4 is 5.32 Å². The lowest BCUT2D eigenvalue weighted by Gasteiger charge is -2.28. The first-order valence-electron chi connectivity index (χ1n) is 7.05. The van der Waals surface area contributed by atoms with Gasteiger partial charge in [-0.3, -0.25) is 4.79 Å². The molecule has 0 spiro atoms. The fourth-order valence-electron chi connectivity index (χ4n) is 2.49. The van der Waals surface area contributed by atoms with Crippen LogP contribution in [0.1, 0.15) is 44.4 Å². The molecule has 1 fully saturated rings. The molecule has 1 aromatic rings. The SMILES string of the molecule is CCc1nnc(CNC(=O)C2CCC(C(F)(F)F)CC2)o1. The second kappa shape index (κ2) is 6.44. The standard InChI is InChI=1S/C13H18F3N3O2/c1-2-10-18-19-11(21-10)7-17-12(20)8-3-5-9(6-4-8)13(14,15)16/h8-9H,2-7H2,1H3,(H,17,20). The molecule has 118 valence electrons. The van der Waals surface area contributed by atoms with Crippen molar-refractivity contribution >= 4 is 5.91 Å². The number of aromatic nitrogens is 2. The van der Waals surface area contributed by atoms with Crippen molar-refractivity contribution in [1.82, 2.24) is 15.5 Å². The lowest BCUT2D eigenvalue weighted by molar-refractivity contribution is -0.184. The van der Waals surface area contributed by atoms with Crippen LogP contribution in [-0.2, 0) is 17.8 Å². The second-order valence-corrected chi connectivity index (χ2v) is 5.25. The number of halogens is 3. The van der Waals surface area contributed by atoms with Crippen molar-refractivity contribution in [3.8, 4) is 0 Å². The van der Waals surface area contributed by atoms with Crippen molar-refractivity contribution in [3.05, 3.63) is 11.8 Å². The van der Waals surface area contributed by atoms with Crippen molar-refractivity contribution in [2.75, 3.05) is 0 Å². The number of amides is 1. The summed E-state index contributed by atoms with van der Waals surface area (Å²) in [5, 5.41) is 10.2. The summed E-state index contributed by atoms with van der Waals surface area (Å²) < 4.78 is 42.9. The minimum atomic E-state index is -4.15. The number of aryl methyl sites for hydroxylation is 1.